The van der Waals surface area contributed by atoms with Gasteiger partial charge in [0.05, 0.1) is 6.42 Å². The molecule has 0 atom stereocenters. The van der Waals surface area contributed by atoms with E-state index in [-0.39, 0.29) is 5.91 Å². The lowest BCUT2D eigenvalue weighted by Gasteiger charge is -2.02. The molecule has 0 aliphatic heterocycles. The highest BCUT2D eigenvalue weighted by molar-refractivity contribution is 7.73. The molecule has 0 radical (unpaired) electrons. The number of hydrogen-bond donors (Lipinski definition) is 2. The number of amides is 1. The molecule has 0 spiro atoms. The Kier molecular flexibility index (Phi) is 4.98. The number of H-pyrrole nitrogens is 1. The van der Waals surface area contributed by atoms with E-state index < -0.39 is 0 Å². The van der Waals surface area contributed by atoms with Crippen molar-refractivity contribution in [3.8, 4) is 0 Å². The molecule has 1 amide bonds. The highest BCUT2D eigenvalue weighted by Gasteiger charge is 2.07. The molecular weight excluding hydrogens is 228 g/mol. The van der Waals surface area contributed by atoms with Gasteiger partial charge in [-0.2, -0.15) is 0 Å². The fourth-order valence-corrected chi connectivity index (χ4v) is 2.51. The summed E-state index contributed by atoms with van der Waals surface area (Å²) in [6, 6.07) is 0. The third-order valence-corrected chi connectivity index (χ3v) is 3.43. The number of aryl methyl sites for hydroxylation is 1. The van der Waals surface area contributed by atoms with Gasteiger partial charge in [-0.05, 0) is 25.6 Å². The van der Waals surface area contributed by atoms with Gasteiger partial charge in [0, 0.05) is 17.1 Å². The molecule has 1 aromatic heterocycles. The van der Waals surface area contributed by atoms with Gasteiger partial charge in [0.1, 0.15) is 0 Å². The minimum Gasteiger partial charge on any atom is -0.356 e. The van der Waals surface area contributed by atoms with Crippen LogP contribution < -0.4 is 5.32 Å². The van der Waals surface area contributed by atoms with Gasteiger partial charge in [-0.1, -0.05) is 13.3 Å². The number of unbranched alkanes of at least 4 members (excludes halogenated alkanes) is 1. The average molecular weight is 244 g/mol. The maximum atomic E-state index is 11.5. The van der Waals surface area contributed by atoms with Gasteiger partial charge in [0.2, 0.25) is 5.91 Å². The van der Waals surface area contributed by atoms with Crippen molar-refractivity contribution in [1.82, 2.24) is 10.3 Å². The summed E-state index contributed by atoms with van der Waals surface area (Å²) >= 11 is 6.49. The topological polar surface area (TPSA) is 44.9 Å². The molecule has 0 aliphatic rings. The van der Waals surface area contributed by atoms with Crippen molar-refractivity contribution in [3.63, 3.8) is 0 Å². The number of aromatic amines is 1. The lowest BCUT2D eigenvalue weighted by molar-refractivity contribution is -0.120. The lowest BCUT2D eigenvalue weighted by atomic mass is 10.3. The zero-order valence-corrected chi connectivity index (χ0v) is 10.7. The Labute approximate surface area is 98.9 Å². The zero-order chi connectivity index (χ0) is 11.3. The predicted octanol–water partition coefficient (Wildman–Crippen LogP) is 2.57. The van der Waals surface area contributed by atoms with Crippen molar-refractivity contribution in [1.29, 1.82) is 0 Å². The van der Waals surface area contributed by atoms with Crippen molar-refractivity contribution in [3.05, 3.63) is 14.5 Å². The number of aromatic nitrogens is 1. The largest absolute Gasteiger partial charge is 0.356 e. The van der Waals surface area contributed by atoms with Gasteiger partial charge in [-0.15, -0.1) is 11.3 Å². The third-order valence-electron chi connectivity index (χ3n) is 2.10. The van der Waals surface area contributed by atoms with E-state index in [1.165, 1.54) is 11.3 Å². The fraction of sp³-hybridized carbons (Fsp3) is 0.600. The van der Waals surface area contributed by atoms with Gasteiger partial charge >= 0.3 is 0 Å². The molecule has 0 aromatic carbocycles. The first kappa shape index (κ1) is 12.4. The van der Waals surface area contributed by atoms with Gasteiger partial charge in [0.25, 0.3) is 0 Å². The molecule has 1 rings (SSSR count). The van der Waals surface area contributed by atoms with Crippen molar-refractivity contribution in [2.45, 2.75) is 33.1 Å². The molecule has 84 valence electrons. The second kappa shape index (κ2) is 6.02. The van der Waals surface area contributed by atoms with Crippen LogP contribution in [0.15, 0.2) is 0 Å². The Bertz CT molecular complexity index is 381. The number of rotatable bonds is 5. The number of hydrogen-bond acceptors (Lipinski definition) is 3. The van der Waals surface area contributed by atoms with Crippen LogP contribution in [-0.2, 0) is 11.2 Å². The van der Waals surface area contributed by atoms with E-state index in [1.54, 1.807) is 0 Å². The van der Waals surface area contributed by atoms with E-state index in [0.717, 1.165) is 33.9 Å². The number of carbonyl (C=O) groups is 1. The Hall–Kier alpha value is -0.680. The summed E-state index contributed by atoms with van der Waals surface area (Å²) in [6.07, 6.45) is 2.57. The summed E-state index contributed by atoms with van der Waals surface area (Å²) < 4.78 is 0.740. The third kappa shape index (κ3) is 4.13. The van der Waals surface area contributed by atoms with Crippen molar-refractivity contribution >= 4 is 29.5 Å². The lowest BCUT2D eigenvalue weighted by Crippen LogP contribution is -2.25. The second-order valence-electron chi connectivity index (χ2n) is 3.44. The minimum absolute atomic E-state index is 0.0804. The summed E-state index contributed by atoms with van der Waals surface area (Å²) in [7, 11) is 0. The van der Waals surface area contributed by atoms with E-state index in [0.29, 0.717) is 6.42 Å². The van der Waals surface area contributed by atoms with Gasteiger partial charge in [0.15, 0.2) is 3.95 Å². The van der Waals surface area contributed by atoms with Crippen LogP contribution in [0.1, 0.15) is 30.3 Å². The molecule has 1 heterocycles. The molecule has 0 fully saturated rings. The summed E-state index contributed by atoms with van der Waals surface area (Å²) in [6.45, 7) is 4.82. The van der Waals surface area contributed by atoms with Crippen LogP contribution in [0.2, 0.25) is 0 Å². The van der Waals surface area contributed by atoms with Crippen molar-refractivity contribution in [2.75, 3.05) is 6.54 Å². The first-order valence-electron chi connectivity index (χ1n) is 5.08. The van der Waals surface area contributed by atoms with Crippen LogP contribution in [0.3, 0.4) is 0 Å². The van der Waals surface area contributed by atoms with Gasteiger partial charge in [-0.25, -0.2) is 0 Å². The Morgan fingerprint density at radius 3 is 2.87 bits per heavy atom. The van der Waals surface area contributed by atoms with E-state index >= 15 is 0 Å². The molecule has 5 heteroatoms. The quantitative estimate of drug-likeness (QED) is 0.617. The maximum Gasteiger partial charge on any atom is 0.225 e. The van der Waals surface area contributed by atoms with Crippen LogP contribution in [0.25, 0.3) is 0 Å². The molecule has 2 N–H and O–H groups in total. The number of carbonyl (C=O) groups excluding carboxylic acids is 1. The van der Waals surface area contributed by atoms with Gasteiger partial charge < -0.3 is 10.3 Å². The Morgan fingerprint density at radius 2 is 2.33 bits per heavy atom. The van der Waals surface area contributed by atoms with Crippen LogP contribution in [0.4, 0.5) is 0 Å². The van der Waals surface area contributed by atoms with Crippen LogP contribution >= 0.6 is 23.6 Å². The summed E-state index contributed by atoms with van der Waals surface area (Å²) in [5, 5.41) is 2.89. The predicted molar refractivity (Wildman–Crippen MR) is 65.9 cm³/mol. The number of nitrogens with one attached hydrogen (secondary N) is 2. The van der Waals surface area contributed by atoms with Crippen molar-refractivity contribution in [2.24, 2.45) is 0 Å². The first-order chi connectivity index (χ1) is 7.13. The normalized spacial score (nSPS) is 10.3. The molecule has 1 aromatic rings. The van der Waals surface area contributed by atoms with E-state index in [1.807, 2.05) is 6.92 Å². The van der Waals surface area contributed by atoms with Crippen LogP contribution in [0.5, 0.6) is 0 Å². The van der Waals surface area contributed by atoms with Gasteiger partial charge in [-0.3, -0.25) is 4.79 Å². The Balaban J connectivity index is 2.44. The maximum absolute atomic E-state index is 11.5. The van der Waals surface area contributed by atoms with E-state index in [2.05, 4.69) is 17.2 Å². The molecule has 0 aliphatic carbocycles. The summed E-state index contributed by atoms with van der Waals surface area (Å²) in [4.78, 5) is 15.6. The molecule has 0 bridgehead atoms. The van der Waals surface area contributed by atoms with Crippen LogP contribution in [-0.4, -0.2) is 17.4 Å². The SMILES string of the molecule is CCCCNC(=O)Cc1sc(=S)[nH]c1C. The van der Waals surface area contributed by atoms with Crippen LogP contribution in [0, 0.1) is 10.9 Å². The second-order valence-corrected chi connectivity index (χ2v) is 5.21. The van der Waals surface area contributed by atoms with Crippen molar-refractivity contribution < 1.29 is 4.79 Å². The smallest absolute Gasteiger partial charge is 0.225 e. The van der Waals surface area contributed by atoms with E-state index in [9.17, 15) is 4.79 Å². The average Bonchev–Trinajstić information content (AvgIpc) is 2.45. The highest BCUT2D eigenvalue weighted by Crippen LogP contribution is 2.14. The summed E-state index contributed by atoms with van der Waals surface area (Å²) in [5.74, 6) is 0.0804. The molecule has 0 saturated carbocycles. The minimum atomic E-state index is 0.0804. The molecule has 0 unspecified atom stereocenters. The fourth-order valence-electron chi connectivity index (χ4n) is 1.22. The standard InChI is InChI=1S/C10H16N2OS2/c1-3-4-5-11-9(13)6-8-7(2)12-10(14)15-8/h3-6H2,1-2H3,(H,11,13)(H,12,14). The summed E-state index contributed by atoms with van der Waals surface area (Å²) in [5.41, 5.74) is 1.01. The number of thiazole rings is 1. The monoisotopic (exact) mass is 244 g/mol. The highest BCUT2D eigenvalue weighted by atomic mass is 32.1. The zero-order valence-electron chi connectivity index (χ0n) is 9.05. The first-order valence-corrected chi connectivity index (χ1v) is 6.31. The molecule has 3 nitrogen and oxygen atoms in total. The molecular formula is C10H16N2OS2. The molecule has 0 saturated heterocycles. The molecule has 15 heavy (non-hydrogen) atoms. The Morgan fingerprint density at radius 1 is 1.60 bits per heavy atom. The van der Waals surface area contributed by atoms with E-state index in [4.69, 9.17) is 12.2 Å².